The molecule has 0 radical (unpaired) electrons. The van der Waals surface area contributed by atoms with Crippen molar-refractivity contribution in [2.24, 2.45) is 17.8 Å². The molecule has 0 bridgehead atoms. The van der Waals surface area contributed by atoms with Crippen molar-refractivity contribution in [2.45, 2.75) is 40.2 Å². The van der Waals surface area contributed by atoms with Crippen molar-refractivity contribution in [2.75, 3.05) is 26.3 Å². The second-order valence-corrected chi connectivity index (χ2v) is 5.97. The van der Waals surface area contributed by atoms with Crippen molar-refractivity contribution in [3.63, 3.8) is 0 Å². The van der Waals surface area contributed by atoms with Gasteiger partial charge in [-0.1, -0.05) is 27.7 Å². The molecule has 0 aromatic carbocycles. The van der Waals surface area contributed by atoms with Crippen molar-refractivity contribution < 1.29 is 14.6 Å². The minimum absolute atomic E-state index is 0.0382. The summed E-state index contributed by atoms with van der Waals surface area (Å²) in [5, 5.41) is 8.95. The van der Waals surface area contributed by atoms with E-state index in [1.165, 1.54) is 0 Å². The van der Waals surface area contributed by atoms with E-state index in [1.807, 2.05) is 0 Å². The second kappa shape index (κ2) is 7.10. The third kappa shape index (κ3) is 4.58. The van der Waals surface area contributed by atoms with Crippen molar-refractivity contribution in [3.8, 4) is 0 Å². The van der Waals surface area contributed by atoms with E-state index in [4.69, 9.17) is 9.84 Å². The molecule has 1 heterocycles. The predicted molar refractivity (Wildman–Crippen MR) is 71.6 cm³/mol. The SMILES string of the molecule is CC(C)C(CN1CCOCC1CC(=O)O)C(C)C. The van der Waals surface area contributed by atoms with Crippen LogP contribution in [-0.4, -0.2) is 48.3 Å². The highest BCUT2D eigenvalue weighted by Gasteiger charge is 2.29. The number of rotatable bonds is 6. The van der Waals surface area contributed by atoms with Gasteiger partial charge in [-0.15, -0.1) is 0 Å². The summed E-state index contributed by atoms with van der Waals surface area (Å²) < 4.78 is 5.41. The number of nitrogens with zero attached hydrogens (tertiary/aromatic N) is 1. The summed E-state index contributed by atoms with van der Waals surface area (Å²) in [6, 6.07) is 0.0382. The third-order valence-electron chi connectivity index (χ3n) is 3.92. The molecule has 0 spiro atoms. The molecule has 1 atom stereocenters. The number of carbonyl (C=O) groups is 1. The first-order chi connectivity index (χ1) is 8.41. The molecule has 1 aliphatic rings. The maximum atomic E-state index is 10.9. The quantitative estimate of drug-likeness (QED) is 0.791. The normalized spacial score (nSPS) is 22.1. The summed E-state index contributed by atoms with van der Waals surface area (Å²) in [6.07, 6.45) is 0.183. The lowest BCUT2D eigenvalue weighted by Gasteiger charge is -2.39. The molecule has 0 aromatic heterocycles. The van der Waals surface area contributed by atoms with Crippen LogP contribution in [0.5, 0.6) is 0 Å². The van der Waals surface area contributed by atoms with E-state index in [2.05, 4.69) is 32.6 Å². The smallest absolute Gasteiger partial charge is 0.305 e. The Morgan fingerprint density at radius 1 is 1.33 bits per heavy atom. The number of ether oxygens (including phenoxy) is 1. The topological polar surface area (TPSA) is 49.8 Å². The highest BCUT2D eigenvalue weighted by Crippen LogP contribution is 2.24. The van der Waals surface area contributed by atoms with E-state index in [1.54, 1.807) is 0 Å². The van der Waals surface area contributed by atoms with Gasteiger partial charge in [0.1, 0.15) is 0 Å². The maximum Gasteiger partial charge on any atom is 0.305 e. The van der Waals surface area contributed by atoms with Crippen molar-refractivity contribution >= 4 is 5.97 Å². The number of carboxylic acids is 1. The van der Waals surface area contributed by atoms with Crippen LogP contribution in [0, 0.1) is 17.8 Å². The summed E-state index contributed by atoms with van der Waals surface area (Å²) >= 11 is 0. The van der Waals surface area contributed by atoms with E-state index >= 15 is 0 Å². The van der Waals surface area contributed by atoms with E-state index < -0.39 is 5.97 Å². The standard InChI is InChI=1S/C14H27NO3/c1-10(2)13(11(3)4)8-15-5-6-18-9-12(15)7-14(16)17/h10-13H,5-9H2,1-4H3,(H,16,17). The van der Waals surface area contributed by atoms with Crippen LogP contribution in [0.25, 0.3) is 0 Å². The van der Waals surface area contributed by atoms with Gasteiger partial charge in [0, 0.05) is 19.1 Å². The largest absolute Gasteiger partial charge is 0.481 e. The molecule has 106 valence electrons. The van der Waals surface area contributed by atoms with Crippen LogP contribution < -0.4 is 0 Å². The van der Waals surface area contributed by atoms with Gasteiger partial charge < -0.3 is 9.84 Å². The van der Waals surface area contributed by atoms with E-state index in [9.17, 15) is 4.79 Å². The fourth-order valence-electron chi connectivity index (χ4n) is 2.78. The third-order valence-corrected chi connectivity index (χ3v) is 3.92. The molecule has 0 saturated carbocycles. The van der Waals surface area contributed by atoms with Gasteiger partial charge in [-0.2, -0.15) is 0 Å². The van der Waals surface area contributed by atoms with Gasteiger partial charge in [0.15, 0.2) is 0 Å². The number of carboxylic acid groups (broad SMARTS) is 1. The Kier molecular flexibility index (Phi) is 6.09. The Balaban J connectivity index is 2.62. The fraction of sp³-hybridized carbons (Fsp3) is 0.929. The summed E-state index contributed by atoms with van der Waals surface area (Å²) in [7, 11) is 0. The molecule has 4 nitrogen and oxygen atoms in total. The lowest BCUT2D eigenvalue weighted by atomic mass is 9.84. The number of hydrogen-bond acceptors (Lipinski definition) is 3. The second-order valence-electron chi connectivity index (χ2n) is 5.97. The highest BCUT2D eigenvalue weighted by molar-refractivity contribution is 5.67. The van der Waals surface area contributed by atoms with Crippen LogP contribution in [0.3, 0.4) is 0 Å². The van der Waals surface area contributed by atoms with Crippen LogP contribution >= 0.6 is 0 Å². The molecule has 0 aliphatic carbocycles. The first-order valence-corrected chi connectivity index (χ1v) is 6.95. The average molecular weight is 257 g/mol. The Labute approximate surface area is 110 Å². The van der Waals surface area contributed by atoms with Crippen molar-refractivity contribution in [3.05, 3.63) is 0 Å². The molecular weight excluding hydrogens is 230 g/mol. The van der Waals surface area contributed by atoms with Crippen molar-refractivity contribution in [1.29, 1.82) is 0 Å². The zero-order valence-corrected chi connectivity index (χ0v) is 12.1. The lowest BCUT2D eigenvalue weighted by molar-refractivity contribution is -0.140. The Morgan fingerprint density at radius 3 is 2.44 bits per heavy atom. The maximum absolute atomic E-state index is 10.9. The molecule has 0 aromatic rings. The molecule has 18 heavy (non-hydrogen) atoms. The Bertz CT molecular complexity index is 258. The number of morpholine rings is 1. The first-order valence-electron chi connectivity index (χ1n) is 6.95. The minimum Gasteiger partial charge on any atom is -0.481 e. The molecule has 0 amide bonds. The van der Waals surface area contributed by atoms with Crippen LogP contribution in [0.2, 0.25) is 0 Å². The van der Waals surface area contributed by atoms with E-state index in [0.717, 1.165) is 19.7 Å². The number of hydrogen-bond donors (Lipinski definition) is 1. The highest BCUT2D eigenvalue weighted by atomic mass is 16.5. The molecule has 1 aliphatic heterocycles. The van der Waals surface area contributed by atoms with Gasteiger partial charge in [-0.25, -0.2) is 0 Å². The monoisotopic (exact) mass is 257 g/mol. The van der Waals surface area contributed by atoms with Crippen LogP contribution in [0.15, 0.2) is 0 Å². The molecule has 1 fully saturated rings. The van der Waals surface area contributed by atoms with Crippen molar-refractivity contribution in [1.82, 2.24) is 4.90 Å². The molecule has 1 unspecified atom stereocenters. The van der Waals surface area contributed by atoms with Crippen LogP contribution in [0.1, 0.15) is 34.1 Å². The van der Waals surface area contributed by atoms with Gasteiger partial charge in [0.05, 0.1) is 19.6 Å². The average Bonchev–Trinajstić information content (AvgIpc) is 2.26. The summed E-state index contributed by atoms with van der Waals surface area (Å²) in [6.45, 7) is 12.1. The van der Waals surface area contributed by atoms with Gasteiger partial charge in [0.25, 0.3) is 0 Å². The van der Waals surface area contributed by atoms with Gasteiger partial charge in [-0.05, 0) is 17.8 Å². The summed E-state index contributed by atoms with van der Waals surface area (Å²) in [5.41, 5.74) is 0. The Hall–Kier alpha value is -0.610. The zero-order chi connectivity index (χ0) is 13.7. The van der Waals surface area contributed by atoms with Gasteiger partial charge >= 0.3 is 5.97 Å². The molecule has 1 rings (SSSR count). The van der Waals surface area contributed by atoms with Gasteiger partial charge in [0.2, 0.25) is 0 Å². The molecule has 1 N–H and O–H groups in total. The molecule has 1 saturated heterocycles. The van der Waals surface area contributed by atoms with E-state index in [0.29, 0.717) is 24.4 Å². The summed E-state index contributed by atoms with van der Waals surface area (Å²) in [4.78, 5) is 13.2. The zero-order valence-electron chi connectivity index (χ0n) is 12.1. The minimum atomic E-state index is -0.735. The van der Waals surface area contributed by atoms with E-state index in [-0.39, 0.29) is 12.5 Å². The van der Waals surface area contributed by atoms with Crippen LogP contribution in [-0.2, 0) is 9.53 Å². The molecule has 4 heteroatoms. The number of aliphatic carboxylic acids is 1. The fourth-order valence-corrected chi connectivity index (χ4v) is 2.78. The molecular formula is C14H27NO3. The van der Waals surface area contributed by atoms with Gasteiger partial charge in [-0.3, -0.25) is 9.69 Å². The van der Waals surface area contributed by atoms with Crippen LogP contribution in [0.4, 0.5) is 0 Å². The Morgan fingerprint density at radius 2 is 1.94 bits per heavy atom. The lowest BCUT2D eigenvalue weighted by Crippen LogP contribution is -2.49. The first kappa shape index (κ1) is 15.4. The summed E-state index contributed by atoms with van der Waals surface area (Å²) in [5.74, 6) is 1.12. The predicted octanol–water partition coefficient (Wildman–Crippen LogP) is 2.09.